The van der Waals surface area contributed by atoms with E-state index < -0.39 is 5.60 Å². The number of hydrogen-bond donors (Lipinski definition) is 0. The maximum Gasteiger partial charge on any atom is 0.410 e. The second kappa shape index (κ2) is 5.73. The lowest BCUT2D eigenvalue weighted by atomic mass is 10.0. The monoisotopic (exact) mass is 411 g/mol. The van der Waals surface area contributed by atoms with Gasteiger partial charge in [-0.05, 0) is 61.4 Å². The summed E-state index contributed by atoms with van der Waals surface area (Å²) in [6.07, 6.45) is 6.30. The van der Waals surface area contributed by atoms with Crippen molar-refractivity contribution in [2.75, 3.05) is 13.1 Å². The van der Waals surface area contributed by atoms with E-state index in [1.165, 1.54) is 5.69 Å². The summed E-state index contributed by atoms with van der Waals surface area (Å²) in [6.45, 7) is 7.40. The molecule has 1 amide bonds. The first-order valence-corrected chi connectivity index (χ1v) is 10.0. The molecule has 2 aromatic rings. The molecule has 0 spiro atoms. The SMILES string of the molecule is CC(C)(C)OC(=O)N1C[C@H]2CC(c3cn4cc(Br)sc4n3)C[C@H]2C1. The van der Waals surface area contributed by atoms with Crippen LogP contribution in [0, 0.1) is 11.8 Å². The number of halogens is 1. The number of fused-ring (bicyclic) bond motifs is 2. The summed E-state index contributed by atoms with van der Waals surface area (Å²) in [5.74, 6) is 1.68. The number of carbonyl (C=O) groups excluding carboxylic acids is 1. The Bertz CT molecular complexity index is 733. The number of ether oxygens (including phenoxy) is 1. The molecular weight excluding hydrogens is 390 g/mol. The Hall–Kier alpha value is -1.08. The number of imidazole rings is 1. The highest BCUT2D eigenvalue weighted by Crippen LogP contribution is 2.46. The number of amides is 1. The van der Waals surface area contributed by atoms with Gasteiger partial charge in [-0.1, -0.05) is 11.3 Å². The molecule has 2 fully saturated rings. The summed E-state index contributed by atoms with van der Waals surface area (Å²) in [6, 6.07) is 0. The summed E-state index contributed by atoms with van der Waals surface area (Å²) < 4.78 is 8.71. The second-order valence-corrected chi connectivity index (χ2v) is 10.4. The van der Waals surface area contributed by atoms with Gasteiger partial charge in [-0.15, -0.1) is 0 Å². The molecule has 3 atom stereocenters. The van der Waals surface area contributed by atoms with Gasteiger partial charge < -0.3 is 9.64 Å². The lowest BCUT2D eigenvalue weighted by molar-refractivity contribution is 0.0279. The molecule has 0 radical (unpaired) electrons. The van der Waals surface area contributed by atoms with Gasteiger partial charge in [0, 0.05) is 31.4 Å². The van der Waals surface area contributed by atoms with Crippen molar-refractivity contribution in [3.8, 4) is 0 Å². The zero-order valence-corrected chi connectivity index (χ0v) is 16.6. The Balaban J connectivity index is 1.40. The Morgan fingerprint density at radius 2 is 1.96 bits per heavy atom. The number of rotatable bonds is 1. The fourth-order valence-electron chi connectivity index (χ4n) is 4.00. The first kappa shape index (κ1) is 16.4. The third-order valence-electron chi connectivity index (χ3n) is 4.97. The Morgan fingerprint density at radius 1 is 1.29 bits per heavy atom. The van der Waals surface area contributed by atoms with Crippen molar-refractivity contribution in [2.45, 2.75) is 45.1 Å². The summed E-state index contributed by atoms with van der Waals surface area (Å²) in [5, 5.41) is 0. The Kier molecular flexibility index (Phi) is 3.91. The Morgan fingerprint density at radius 3 is 2.54 bits per heavy atom. The van der Waals surface area contributed by atoms with Gasteiger partial charge in [-0.2, -0.15) is 0 Å². The quantitative estimate of drug-likeness (QED) is 0.692. The molecule has 0 N–H and O–H groups in total. The van der Waals surface area contributed by atoms with Crippen molar-refractivity contribution in [3.05, 3.63) is 21.9 Å². The highest BCUT2D eigenvalue weighted by molar-refractivity contribution is 9.11. The average Bonchev–Trinajstić information content (AvgIpc) is 3.11. The zero-order chi connectivity index (χ0) is 17.1. The van der Waals surface area contributed by atoms with E-state index in [1.54, 1.807) is 11.3 Å². The first-order valence-electron chi connectivity index (χ1n) is 8.40. The Labute approximate surface area is 154 Å². The molecule has 0 bridgehead atoms. The average molecular weight is 412 g/mol. The summed E-state index contributed by atoms with van der Waals surface area (Å²) in [7, 11) is 0. The van der Waals surface area contributed by atoms with Crippen LogP contribution < -0.4 is 0 Å². The van der Waals surface area contributed by atoms with Crippen molar-refractivity contribution in [1.82, 2.24) is 14.3 Å². The summed E-state index contributed by atoms with van der Waals surface area (Å²) in [5.41, 5.74) is 0.778. The maximum absolute atomic E-state index is 12.2. The number of aromatic nitrogens is 2. The number of nitrogens with zero attached hydrogens (tertiary/aromatic N) is 3. The number of carbonyl (C=O) groups is 1. The topological polar surface area (TPSA) is 46.8 Å². The largest absolute Gasteiger partial charge is 0.444 e. The van der Waals surface area contributed by atoms with E-state index in [-0.39, 0.29) is 6.09 Å². The fraction of sp³-hybridized carbons (Fsp3) is 0.647. The van der Waals surface area contributed by atoms with Crippen LogP contribution in [0.5, 0.6) is 0 Å². The van der Waals surface area contributed by atoms with Crippen LogP contribution >= 0.6 is 27.3 Å². The van der Waals surface area contributed by atoms with E-state index in [1.807, 2.05) is 25.7 Å². The lowest BCUT2D eigenvalue weighted by Crippen LogP contribution is -2.36. The van der Waals surface area contributed by atoms with Gasteiger partial charge in [-0.3, -0.25) is 4.40 Å². The van der Waals surface area contributed by atoms with Gasteiger partial charge in [0.25, 0.3) is 0 Å². The molecule has 24 heavy (non-hydrogen) atoms. The minimum Gasteiger partial charge on any atom is -0.444 e. The molecular formula is C17H22BrN3O2S. The molecule has 1 aliphatic carbocycles. The van der Waals surface area contributed by atoms with Gasteiger partial charge in [-0.25, -0.2) is 9.78 Å². The van der Waals surface area contributed by atoms with Gasteiger partial charge in [0.05, 0.1) is 9.48 Å². The maximum atomic E-state index is 12.2. The molecule has 1 saturated heterocycles. The van der Waals surface area contributed by atoms with E-state index in [9.17, 15) is 4.79 Å². The molecule has 2 aromatic heterocycles. The van der Waals surface area contributed by atoms with E-state index in [0.717, 1.165) is 34.7 Å². The highest BCUT2D eigenvalue weighted by atomic mass is 79.9. The van der Waals surface area contributed by atoms with Crippen molar-refractivity contribution >= 4 is 38.3 Å². The minimum atomic E-state index is -0.423. The first-order chi connectivity index (χ1) is 11.3. The van der Waals surface area contributed by atoms with Gasteiger partial charge in [0.1, 0.15) is 5.60 Å². The van der Waals surface area contributed by atoms with E-state index in [2.05, 4.69) is 32.7 Å². The van der Waals surface area contributed by atoms with Crippen LogP contribution in [0.2, 0.25) is 0 Å². The number of likely N-dealkylation sites (tertiary alicyclic amines) is 1. The lowest BCUT2D eigenvalue weighted by Gasteiger charge is -2.25. The molecule has 3 heterocycles. The molecule has 4 rings (SSSR count). The molecule has 7 heteroatoms. The van der Waals surface area contributed by atoms with Crippen LogP contribution in [0.1, 0.15) is 45.2 Å². The van der Waals surface area contributed by atoms with Gasteiger partial charge in [0.2, 0.25) is 0 Å². The van der Waals surface area contributed by atoms with Crippen molar-refractivity contribution in [2.24, 2.45) is 11.8 Å². The molecule has 5 nitrogen and oxygen atoms in total. The smallest absolute Gasteiger partial charge is 0.410 e. The number of hydrogen-bond acceptors (Lipinski definition) is 4. The standard InChI is InChI=1S/C17H22BrN3O2S/c1-17(2,3)23-16(22)21-6-11-4-10(5-12(11)7-21)13-8-20-9-14(18)24-15(20)19-13/h8-12H,4-7H2,1-3H3/t10?,11-,12+. The van der Waals surface area contributed by atoms with Crippen LogP contribution in [0.15, 0.2) is 16.2 Å². The van der Waals surface area contributed by atoms with Crippen LogP contribution in [-0.4, -0.2) is 39.1 Å². The number of thiazole rings is 1. The van der Waals surface area contributed by atoms with E-state index in [0.29, 0.717) is 17.8 Å². The molecule has 1 aliphatic heterocycles. The highest BCUT2D eigenvalue weighted by Gasteiger charge is 2.44. The van der Waals surface area contributed by atoms with Crippen LogP contribution in [-0.2, 0) is 4.74 Å². The third kappa shape index (κ3) is 3.08. The molecule has 1 unspecified atom stereocenters. The minimum absolute atomic E-state index is 0.166. The van der Waals surface area contributed by atoms with Gasteiger partial charge >= 0.3 is 6.09 Å². The van der Waals surface area contributed by atoms with Crippen molar-refractivity contribution in [3.63, 3.8) is 0 Å². The van der Waals surface area contributed by atoms with Crippen LogP contribution in [0.3, 0.4) is 0 Å². The molecule has 130 valence electrons. The zero-order valence-electron chi connectivity index (χ0n) is 14.2. The van der Waals surface area contributed by atoms with Crippen molar-refractivity contribution in [1.29, 1.82) is 0 Å². The molecule has 1 saturated carbocycles. The summed E-state index contributed by atoms with van der Waals surface area (Å²) >= 11 is 5.16. The van der Waals surface area contributed by atoms with E-state index >= 15 is 0 Å². The second-order valence-electron chi connectivity index (χ2n) is 7.96. The fourth-order valence-corrected chi connectivity index (χ4v) is 5.36. The normalized spacial score (nSPS) is 27.0. The molecule has 0 aromatic carbocycles. The summed E-state index contributed by atoms with van der Waals surface area (Å²) in [4.78, 5) is 20.0. The predicted molar refractivity (Wildman–Crippen MR) is 97.5 cm³/mol. The molecule has 2 aliphatic rings. The third-order valence-corrected chi connectivity index (χ3v) is 6.44. The van der Waals surface area contributed by atoms with Crippen LogP contribution in [0.25, 0.3) is 4.96 Å². The van der Waals surface area contributed by atoms with E-state index in [4.69, 9.17) is 9.72 Å². The van der Waals surface area contributed by atoms with Gasteiger partial charge in [0.15, 0.2) is 4.96 Å². The van der Waals surface area contributed by atoms with Crippen LogP contribution in [0.4, 0.5) is 4.79 Å². The predicted octanol–water partition coefficient (Wildman–Crippen LogP) is 4.52. The van der Waals surface area contributed by atoms with Crippen molar-refractivity contribution < 1.29 is 9.53 Å².